The summed E-state index contributed by atoms with van der Waals surface area (Å²) in [5.41, 5.74) is 1.26. The third kappa shape index (κ3) is 3.50. The van der Waals surface area contributed by atoms with E-state index in [1.54, 1.807) is 0 Å². The molecule has 0 bridgehead atoms. The number of hydrogen-bond acceptors (Lipinski definition) is 1. The molecule has 1 nitrogen and oxygen atoms in total. The van der Waals surface area contributed by atoms with Crippen LogP contribution < -0.4 is 4.90 Å². The minimum Gasteiger partial charge on any atom is -0.370 e. The zero-order valence-corrected chi connectivity index (χ0v) is 10.5. The Kier molecular flexibility index (Phi) is 3.79. The Morgan fingerprint density at radius 1 is 0.895 bits per heavy atom. The average Bonchev–Trinajstić information content (AvgIpc) is 2.39. The normalized spacial score (nSPS) is 11.4. The van der Waals surface area contributed by atoms with Crippen LogP contribution in [0.2, 0.25) is 0 Å². The van der Waals surface area contributed by atoms with Gasteiger partial charge < -0.3 is 4.90 Å². The van der Waals surface area contributed by atoms with E-state index in [4.69, 9.17) is 0 Å². The fraction of sp³-hybridized carbons (Fsp3) is 0.200. The molecule has 2 rings (SSSR count). The molecule has 0 N–H and O–H groups in total. The predicted molar refractivity (Wildman–Crippen MR) is 70.0 cm³/mol. The number of para-hydroxylation sites is 1. The zero-order chi connectivity index (χ0) is 13.9. The Labute approximate surface area is 110 Å². The maximum absolute atomic E-state index is 12.4. The van der Waals surface area contributed by atoms with Crippen molar-refractivity contribution in [1.82, 2.24) is 0 Å². The van der Waals surface area contributed by atoms with Crippen LogP contribution in [-0.4, -0.2) is 7.05 Å². The van der Waals surface area contributed by atoms with Gasteiger partial charge in [-0.15, -0.1) is 0 Å². The molecule has 0 spiro atoms. The topological polar surface area (TPSA) is 3.24 Å². The molecule has 0 heterocycles. The lowest BCUT2D eigenvalue weighted by atomic mass is 10.1. The maximum atomic E-state index is 12.4. The molecule has 2 aromatic carbocycles. The van der Waals surface area contributed by atoms with E-state index in [2.05, 4.69) is 0 Å². The summed E-state index contributed by atoms with van der Waals surface area (Å²) in [4.78, 5) is 1.99. The monoisotopic (exact) mass is 265 g/mol. The van der Waals surface area contributed by atoms with Crippen LogP contribution in [0.25, 0.3) is 0 Å². The molecule has 0 atom stereocenters. The zero-order valence-electron chi connectivity index (χ0n) is 10.5. The second-order valence-electron chi connectivity index (χ2n) is 4.39. The lowest BCUT2D eigenvalue weighted by Crippen LogP contribution is -2.16. The first-order valence-electron chi connectivity index (χ1n) is 5.89. The molecule has 0 aliphatic heterocycles. The molecule has 0 fully saturated rings. The lowest BCUT2D eigenvalue weighted by Gasteiger charge is -2.19. The predicted octanol–water partition coefficient (Wildman–Crippen LogP) is 4.34. The van der Waals surface area contributed by atoms with Gasteiger partial charge in [0, 0.05) is 19.3 Å². The first kappa shape index (κ1) is 13.5. The van der Waals surface area contributed by atoms with E-state index in [9.17, 15) is 13.2 Å². The molecule has 2 aromatic rings. The Morgan fingerprint density at radius 3 is 2.00 bits per heavy atom. The molecule has 4 heteroatoms. The van der Waals surface area contributed by atoms with Crippen LogP contribution in [0.5, 0.6) is 0 Å². The van der Waals surface area contributed by atoms with Crippen molar-refractivity contribution in [1.29, 1.82) is 0 Å². The van der Waals surface area contributed by atoms with E-state index in [1.165, 1.54) is 12.1 Å². The molecular weight excluding hydrogens is 251 g/mol. The van der Waals surface area contributed by atoms with Gasteiger partial charge in [0.05, 0.1) is 5.56 Å². The summed E-state index contributed by atoms with van der Waals surface area (Å²) < 4.78 is 37.3. The fourth-order valence-electron chi connectivity index (χ4n) is 1.85. The molecule has 0 unspecified atom stereocenters. The first-order valence-corrected chi connectivity index (χ1v) is 5.89. The second kappa shape index (κ2) is 5.34. The van der Waals surface area contributed by atoms with Gasteiger partial charge in [-0.05, 0) is 29.8 Å². The van der Waals surface area contributed by atoms with E-state index in [0.29, 0.717) is 6.54 Å². The minimum atomic E-state index is -4.27. The number of benzene rings is 2. The fourth-order valence-corrected chi connectivity index (χ4v) is 1.85. The van der Waals surface area contributed by atoms with E-state index in [-0.39, 0.29) is 0 Å². The standard InChI is InChI=1S/C15H14F3N/c1-19(14-5-3-2-4-6-14)11-12-7-9-13(10-8-12)15(16,17)18/h2-10H,11H2,1H3. The highest BCUT2D eigenvalue weighted by molar-refractivity contribution is 5.45. The molecule has 0 amide bonds. The first-order chi connectivity index (χ1) is 8.97. The highest BCUT2D eigenvalue weighted by Gasteiger charge is 2.29. The van der Waals surface area contributed by atoms with Gasteiger partial charge in [-0.3, -0.25) is 0 Å². The van der Waals surface area contributed by atoms with Gasteiger partial charge >= 0.3 is 6.18 Å². The molecule has 0 radical (unpaired) electrons. The summed E-state index contributed by atoms with van der Waals surface area (Å²) in [6.07, 6.45) is -4.27. The van der Waals surface area contributed by atoms with Crippen molar-refractivity contribution in [3.63, 3.8) is 0 Å². The summed E-state index contributed by atoms with van der Waals surface area (Å²) >= 11 is 0. The Balaban J connectivity index is 2.08. The summed E-state index contributed by atoms with van der Waals surface area (Å²) in [5.74, 6) is 0. The number of alkyl halides is 3. The SMILES string of the molecule is CN(Cc1ccc(C(F)(F)F)cc1)c1ccccc1. The van der Waals surface area contributed by atoms with Gasteiger partial charge in [-0.2, -0.15) is 13.2 Å². The molecule has 0 saturated carbocycles. The number of halogens is 3. The van der Waals surface area contributed by atoms with Crippen LogP contribution >= 0.6 is 0 Å². The maximum Gasteiger partial charge on any atom is 0.416 e. The Hall–Kier alpha value is -1.97. The largest absolute Gasteiger partial charge is 0.416 e. The van der Waals surface area contributed by atoms with Crippen LogP contribution in [-0.2, 0) is 12.7 Å². The Bertz CT molecular complexity index is 517. The molecular formula is C15H14F3N. The van der Waals surface area contributed by atoms with Crippen LogP contribution in [0.1, 0.15) is 11.1 Å². The van der Waals surface area contributed by atoms with Crippen molar-refractivity contribution >= 4 is 5.69 Å². The van der Waals surface area contributed by atoms with Crippen molar-refractivity contribution < 1.29 is 13.2 Å². The summed E-state index contributed by atoms with van der Waals surface area (Å²) in [6, 6.07) is 15.0. The number of nitrogens with zero attached hydrogens (tertiary/aromatic N) is 1. The Morgan fingerprint density at radius 2 is 1.47 bits per heavy atom. The van der Waals surface area contributed by atoms with Gasteiger partial charge in [0.2, 0.25) is 0 Å². The van der Waals surface area contributed by atoms with Crippen molar-refractivity contribution in [2.45, 2.75) is 12.7 Å². The van der Waals surface area contributed by atoms with Crippen LogP contribution in [0.3, 0.4) is 0 Å². The number of hydrogen-bond donors (Lipinski definition) is 0. The van der Waals surface area contributed by atoms with Gasteiger partial charge in [0.1, 0.15) is 0 Å². The quantitative estimate of drug-likeness (QED) is 0.797. The minimum absolute atomic E-state index is 0.572. The van der Waals surface area contributed by atoms with Gasteiger partial charge in [-0.1, -0.05) is 30.3 Å². The molecule has 0 aliphatic rings. The van der Waals surface area contributed by atoms with E-state index in [1.807, 2.05) is 42.3 Å². The van der Waals surface area contributed by atoms with Crippen LogP contribution in [0.15, 0.2) is 54.6 Å². The smallest absolute Gasteiger partial charge is 0.370 e. The number of rotatable bonds is 3. The van der Waals surface area contributed by atoms with E-state index >= 15 is 0 Å². The third-order valence-electron chi connectivity index (χ3n) is 2.90. The van der Waals surface area contributed by atoms with Crippen molar-refractivity contribution in [2.24, 2.45) is 0 Å². The molecule has 100 valence electrons. The average molecular weight is 265 g/mol. The van der Waals surface area contributed by atoms with Crippen LogP contribution in [0, 0.1) is 0 Å². The number of anilines is 1. The van der Waals surface area contributed by atoms with Gasteiger partial charge in [-0.25, -0.2) is 0 Å². The molecule has 0 saturated heterocycles. The molecule has 0 aromatic heterocycles. The van der Waals surface area contributed by atoms with Crippen molar-refractivity contribution in [3.05, 3.63) is 65.7 Å². The third-order valence-corrected chi connectivity index (χ3v) is 2.90. The van der Waals surface area contributed by atoms with E-state index < -0.39 is 11.7 Å². The summed E-state index contributed by atoms with van der Waals surface area (Å²) in [5, 5.41) is 0. The second-order valence-corrected chi connectivity index (χ2v) is 4.39. The van der Waals surface area contributed by atoms with Crippen molar-refractivity contribution in [2.75, 3.05) is 11.9 Å². The van der Waals surface area contributed by atoms with Gasteiger partial charge in [0.15, 0.2) is 0 Å². The highest BCUT2D eigenvalue weighted by atomic mass is 19.4. The summed E-state index contributed by atoms with van der Waals surface area (Å²) in [7, 11) is 1.91. The van der Waals surface area contributed by atoms with Crippen molar-refractivity contribution in [3.8, 4) is 0 Å². The van der Waals surface area contributed by atoms with Gasteiger partial charge in [0.25, 0.3) is 0 Å². The van der Waals surface area contributed by atoms with E-state index in [0.717, 1.165) is 23.4 Å². The molecule has 0 aliphatic carbocycles. The summed E-state index contributed by atoms with van der Waals surface area (Å²) in [6.45, 7) is 0.572. The highest BCUT2D eigenvalue weighted by Crippen LogP contribution is 2.29. The molecule has 19 heavy (non-hydrogen) atoms. The lowest BCUT2D eigenvalue weighted by molar-refractivity contribution is -0.137. The van der Waals surface area contributed by atoms with Crippen LogP contribution in [0.4, 0.5) is 18.9 Å².